The smallest absolute Gasteiger partial charge is 0.249 e. The van der Waals surface area contributed by atoms with E-state index in [2.05, 4.69) is 32.7 Å². The average molecular weight is 333 g/mol. The van der Waals surface area contributed by atoms with Crippen LogP contribution in [0.5, 0.6) is 0 Å². The second kappa shape index (κ2) is 6.11. The van der Waals surface area contributed by atoms with Crippen molar-refractivity contribution in [2.75, 3.05) is 22.1 Å². The Balaban J connectivity index is 1.71. The Labute approximate surface area is 135 Å². The molecule has 1 aromatic heterocycles. The standard InChI is InChI=1S/C15H19N5O2S/c1-10-3-4-12(7-11(10)2)18-15-19-14(8-16-20-15)17-13-5-6-23(21,22)9-13/h3-4,7-8,13H,5-6,9H2,1-2H3,(H2,17,18,19,20). The molecule has 3 rings (SSSR count). The van der Waals surface area contributed by atoms with Crippen LogP contribution in [0, 0.1) is 13.8 Å². The van der Waals surface area contributed by atoms with E-state index in [1.54, 1.807) is 0 Å². The second-order valence-corrected chi connectivity index (χ2v) is 8.06. The third kappa shape index (κ3) is 3.95. The van der Waals surface area contributed by atoms with Gasteiger partial charge in [-0.3, -0.25) is 0 Å². The van der Waals surface area contributed by atoms with Crippen molar-refractivity contribution in [2.45, 2.75) is 26.3 Å². The van der Waals surface area contributed by atoms with Crippen LogP contribution < -0.4 is 10.6 Å². The summed E-state index contributed by atoms with van der Waals surface area (Å²) in [5.41, 5.74) is 3.27. The lowest BCUT2D eigenvalue weighted by molar-refractivity contribution is 0.602. The number of benzene rings is 1. The number of nitrogens with zero attached hydrogens (tertiary/aromatic N) is 3. The summed E-state index contributed by atoms with van der Waals surface area (Å²) in [5.74, 6) is 1.25. The van der Waals surface area contributed by atoms with Gasteiger partial charge < -0.3 is 10.6 Å². The summed E-state index contributed by atoms with van der Waals surface area (Å²) in [5, 5.41) is 14.1. The first-order valence-electron chi connectivity index (χ1n) is 7.42. The molecule has 2 N–H and O–H groups in total. The molecule has 0 radical (unpaired) electrons. The zero-order valence-electron chi connectivity index (χ0n) is 13.1. The molecule has 1 aliphatic heterocycles. The zero-order chi connectivity index (χ0) is 16.4. The van der Waals surface area contributed by atoms with Crippen LogP contribution in [0.4, 0.5) is 17.5 Å². The van der Waals surface area contributed by atoms with Gasteiger partial charge in [-0.05, 0) is 43.5 Å². The van der Waals surface area contributed by atoms with E-state index in [0.717, 1.165) is 5.69 Å². The van der Waals surface area contributed by atoms with Crippen LogP contribution in [0.15, 0.2) is 24.4 Å². The van der Waals surface area contributed by atoms with Crippen molar-refractivity contribution in [3.05, 3.63) is 35.5 Å². The molecule has 2 heterocycles. The lowest BCUT2D eigenvalue weighted by atomic mass is 10.1. The van der Waals surface area contributed by atoms with Crippen molar-refractivity contribution in [2.24, 2.45) is 0 Å². The van der Waals surface area contributed by atoms with E-state index >= 15 is 0 Å². The highest BCUT2D eigenvalue weighted by Gasteiger charge is 2.28. The van der Waals surface area contributed by atoms with Crippen molar-refractivity contribution in [1.82, 2.24) is 15.2 Å². The summed E-state index contributed by atoms with van der Waals surface area (Å²) in [6.45, 7) is 4.09. The highest BCUT2D eigenvalue weighted by molar-refractivity contribution is 7.91. The summed E-state index contributed by atoms with van der Waals surface area (Å²) in [6.07, 6.45) is 2.09. The fraction of sp³-hybridized carbons (Fsp3) is 0.400. The molecule has 1 aromatic carbocycles. The minimum absolute atomic E-state index is 0.119. The van der Waals surface area contributed by atoms with Gasteiger partial charge in [0.05, 0.1) is 17.7 Å². The van der Waals surface area contributed by atoms with Gasteiger partial charge in [-0.25, -0.2) is 8.42 Å². The van der Waals surface area contributed by atoms with Crippen LogP contribution in [-0.2, 0) is 9.84 Å². The summed E-state index contributed by atoms with van der Waals surface area (Å²) >= 11 is 0. The molecule has 0 amide bonds. The molecule has 1 unspecified atom stereocenters. The molecule has 23 heavy (non-hydrogen) atoms. The third-order valence-electron chi connectivity index (χ3n) is 3.91. The first kappa shape index (κ1) is 15.7. The van der Waals surface area contributed by atoms with Crippen LogP contribution in [-0.4, -0.2) is 41.1 Å². The molecular formula is C15H19N5O2S. The van der Waals surface area contributed by atoms with E-state index in [4.69, 9.17) is 0 Å². The van der Waals surface area contributed by atoms with E-state index in [0.29, 0.717) is 18.2 Å². The van der Waals surface area contributed by atoms with Gasteiger partial charge in [0, 0.05) is 11.7 Å². The first-order valence-corrected chi connectivity index (χ1v) is 9.24. The Morgan fingerprint density at radius 2 is 2.04 bits per heavy atom. The minimum atomic E-state index is -2.93. The van der Waals surface area contributed by atoms with Gasteiger partial charge in [-0.1, -0.05) is 6.07 Å². The van der Waals surface area contributed by atoms with Crippen LogP contribution in [0.25, 0.3) is 0 Å². The van der Waals surface area contributed by atoms with E-state index in [9.17, 15) is 8.42 Å². The molecule has 1 fully saturated rings. The zero-order valence-corrected chi connectivity index (χ0v) is 13.9. The molecule has 2 aromatic rings. The normalized spacial score (nSPS) is 19.5. The average Bonchev–Trinajstić information content (AvgIpc) is 2.82. The Kier molecular flexibility index (Phi) is 4.16. The molecule has 1 atom stereocenters. The number of hydrogen-bond donors (Lipinski definition) is 2. The molecule has 1 aliphatic rings. The summed E-state index contributed by atoms with van der Waals surface area (Å²) in [6, 6.07) is 5.88. The predicted octanol–water partition coefficient (Wildman–Crippen LogP) is 1.83. The molecule has 0 saturated carbocycles. The van der Waals surface area contributed by atoms with E-state index < -0.39 is 9.84 Å². The maximum Gasteiger partial charge on any atom is 0.249 e. The van der Waals surface area contributed by atoms with Gasteiger partial charge in [0.1, 0.15) is 0 Å². The second-order valence-electron chi connectivity index (χ2n) is 5.83. The Morgan fingerprint density at radius 3 is 2.74 bits per heavy atom. The van der Waals surface area contributed by atoms with Crippen LogP contribution in [0.3, 0.4) is 0 Å². The van der Waals surface area contributed by atoms with Gasteiger partial charge >= 0.3 is 0 Å². The van der Waals surface area contributed by atoms with Crippen molar-refractivity contribution >= 4 is 27.3 Å². The molecule has 0 aliphatic carbocycles. The Bertz CT molecular complexity index is 822. The number of aryl methyl sites for hydroxylation is 2. The van der Waals surface area contributed by atoms with Crippen molar-refractivity contribution in [1.29, 1.82) is 0 Å². The SMILES string of the molecule is Cc1ccc(Nc2nncc(NC3CCS(=O)(=O)C3)n2)cc1C. The molecule has 122 valence electrons. The largest absolute Gasteiger partial charge is 0.365 e. The third-order valence-corrected chi connectivity index (χ3v) is 5.67. The number of nitrogens with one attached hydrogen (secondary N) is 2. The van der Waals surface area contributed by atoms with Crippen LogP contribution in [0.2, 0.25) is 0 Å². The highest BCUT2D eigenvalue weighted by Crippen LogP contribution is 2.19. The van der Waals surface area contributed by atoms with Gasteiger partial charge in [0.2, 0.25) is 5.95 Å². The number of aromatic nitrogens is 3. The Hall–Kier alpha value is -2.22. The van der Waals surface area contributed by atoms with E-state index in [1.165, 1.54) is 17.3 Å². The summed E-state index contributed by atoms with van der Waals surface area (Å²) in [4.78, 5) is 4.34. The summed E-state index contributed by atoms with van der Waals surface area (Å²) in [7, 11) is -2.93. The van der Waals surface area contributed by atoms with Crippen LogP contribution in [0.1, 0.15) is 17.5 Å². The summed E-state index contributed by atoms with van der Waals surface area (Å²) < 4.78 is 23.0. The number of sulfone groups is 1. The number of anilines is 3. The fourth-order valence-corrected chi connectivity index (χ4v) is 4.17. The lowest BCUT2D eigenvalue weighted by Gasteiger charge is -2.12. The van der Waals surface area contributed by atoms with Crippen LogP contribution >= 0.6 is 0 Å². The maximum absolute atomic E-state index is 11.5. The molecule has 8 heteroatoms. The van der Waals surface area contributed by atoms with Crippen molar-refractivity contribution in [3.63, 3.8) is 0 Å². The Morgan fingerprint density at radius 1 is 1.22 bits per heavy atom. The lowest BCUT2D eigenvalue weighted by Crippen LogP contribution is -2.21. The predicted molar refractivity (Wildman–Crippen MR) is 89.7 cm³/mol. The minimum Gasteiger partial charge on any atom is -0.365 e. The quantitative estimate of drug-likeness (QED) is 0.881. The topological polar surface area (TPSA) is 96.9 Å². The van der Waals surface area contributed by atoms with Gasteiger partial charge in [-0.2, -0.15) is 10.1 Å². The van der Waals surface area contributed by atoms with E-state index in [-0.39, 0.29) is 17.5 Å². The molecule has 7 nitrogen and oxygen atoms in total. The highest BCUT2D eigenvalue weighted by atomic mass is 32.2. The number of hydrogen-bond acceptors (Lipinski definition) is 7. The monoisotopic (exact) mass is 333 g/mol. The van der Waals surface area contributed by atoms with Gasteiger partial charge in [0.25, 0.3) is 0 Å². The number of rotatable bonds is 4. The molecular weight excluding hydrogens is 314 g/mol. The molecule has 0 spiro atoms. The van der Waals surface area contributed by atoms with Gasteiger partial charge in [0.15, 0.2) is 15.7 Å². The van der Waals surface area contributed by atoms with Crippen molar-refractivity contribution < 1.29 is 8.42 Å². The molecule has 1 saturated heterocycles. The van der Waals surface area contributed by atoms with Gasteiger partial charge in [-0.15, -0.1) is 5.10 Å². The van der Waals surface area contributed by atoms with Crippen molar-refractivity contribution in [3.8, 4) is 0 Å². The first-order chi connectivity index (χ1) is 10.9. The fourth-order valence-electron chi connectivity index (χ4n) is 2.49. The maximum atomic E-state index is 11.5. The van der Waals surface area contributed by atoms with E-state index in [1.807, 2.05) is 25.1 Å². The molecule has 0 bridgehead atoms.